The van der Waals surface area contributed by atoms with E-state index in [1.54, 1.807) is 30.5 Å². The molecule has 0 aliphatic carbocycles. The van der Waals surface area contributed by atoms with Gasteiger partial charge in [-0.2, -0.15) is 0 Å². The topological polar surface area (TPSA) is 106 Å². The fraction of sp³-hybridized carbons (Fsp3) is 0. The van der Waals surface area contributed by atoms with Gasteiger partial charge in [0.1, 0.15) is 0 Å². The lowest BCUT2D eigenvalue weighted by Crippen LogP contribution is -2.03. The molecule has 2 aromatic heterocycles. The highest BCUT2D eigenvalue weighted by molar-refractivity contribution is 8.00. The maximum Gasteiger partial charge on any atom is 0.270 e. The predicted octanol–water partition coefficient (Wildman–Crippen LogP) is 5.45. The van der Waals surface area contributed by atoms with Crippen LogP contribution in [0.15, 0.2) is 71.8 Å². The second-order valence-corrected chi connectivity index (χ2v) is 7.07. The average Bonchev–Trinajstić information content (AvgIpc) is 2.74. The third-order valence-corrected chi connectivity index (χ3v) is 4.96. The van der Waals surface area contributed by atoms with Gasteiger partial charge in [-0.15, -0.1) is 0 Å². The van der Waals surface area contributed by atoms with Crippen molar-refractivity contribution in [2.45, 2.75) is 4.90 Å². The van der Waals surface area contributed by atoms with Crippen molar-refractivity contribution in [1.29, 1.82) is 0 Å². The molecular weight excluding hydrogens is 412 g/mol. The number of hydrogen-bond donors (Lipinski definition) is 2. The molecule has 4 rings (SSSR count). The summed E-state index contributed by atoms with van der Waals surface area (Å²) in [7, 11) is 0. The zero-order valence-corrected chi connectivity index (χ0v) is 16.3. The van der Waals surface area contributed by atoms with E-state index in [0.717, 1.165) is 0 Å². The first-order valence-corrected chi connectivity index (χ1v) is 9.61. The lowest BCUT2D eigenvalue weighted by molar-refractivity contribution is -0.385. The monoisotopic (exact) mass is 424 g/mol. The molecule has 0 saturated carbocycles. The van der Waals surface area contributed by atoms with Crippen molar-refractivity contribution in [2.75, 3.05) is 10.0 Å². The van der Waals surface area contributed by atoms with Gasteiger partial charge in [-0.05, 0) is 42.3 Å². The molecule has 2 aromatic carbocycles. The number of anilines is 3. The number of nitrogens with one attached hydrogen (secondary N) is 2. The average molecular weight is 425 g/mol. The number of aromatic nitrogens is 3. The Morgan fingerprint density at radius 3 is 2.45 bits per heavy atom. The zero-order valence-electron chi connectivity index (χ0n) is 14.7. The van der Waals surface area contributed by atoms with Crippen molar-refractivity contribution < 1.29 is 4.92 Å². The van der Waals surface area contributed by atoms with E-state index in [1.165, 1.54) is 24.1 Å². The van der Waals surface area contributed by atoms with Crippen LogP contribution in [0.1, 0.15) is 0 Å². The second kappa shape index (κ2) is 8.29. The Morgan fingerprint density at radius 1 is 0.966 bits per heavy atom. The number of benzene rings is 2. The highest BCUT2D eigenvalue weighted by Crippen LogP contribution is 2.31. The van der Waals surface area contributed by atoms with Crippen LogP contribution in [0.4, 0.5) is 23.0 Å². The summed E-state index contributed by atoms with van der Waals surface area (Å²) >= 11 is 7.35. The largest absolute Gasteiger partial charge is 0.335 e. The van der Waals surface area contributed by atoms with Gasteiger partial charge in [0.2, 0.25) is 0 Å². The summed E-state index contributed by atoms with van der Waals surface area (Å²) in [5, 5.41) is 14.4. The number of hydrogen-bond acceptors (Lipinski definition) is 8. The van der Waals surface area contributed by atoms with Crippen molar-refractivity contribution in [3.63, 3.8) is 0 Å². The molecule has 0 radical (unpaired) electrons. The molecule has 144 valence electrons. The van der Waals surface area contributed by atoms with Crippen LogP contribution in [0.5, 0.6) is 0 Å². The highest BCUT2D eigenvalue weighted by atomic mass is 35.5. The first-order chi connectivity index (χ1) is 14.1. The van der Waals surface area contributed by atoms with E-state index in [-0.39, 0.29) is 5.69 Å². The summed E-state index contributed by atoms with van der Waals surface area (Å²) in [6.45, 7) is 0. The van der Waals surface area contributed by atoms with Crippen LogP contribution in [0, 0.1) is 10.1 Å². The maximum absolute atomic E-state index is 11.0. The fourth-order valence-electron chi connectivity index (χ4n) is 2.53. The van der Waals surface area contributed by atoms with Crippen molar-refractivity contribution in [3.8, 4) is 0 Å². The summed E-state index contributed by atoms with van der Waals surface area (Å²) in [4.78, 5) is 24.5. The molecule has 0 amide bonds. The smallest absolute Gasteiger partial charge is 0.270 e. The summed E-state index contributed by atoms with van der Waals surface area (Å²) in [6, 6.07) is 17.3. The summed E-state index contributed by atoms with van der Waals surface area (Å²) in [6.07, 6.45) is 1.59. The first kappa shape index (κ1) is 18.9. The minimum Gasteiger partial charge on any atom is -0.335 e. The lowest BCUT2D eigenvalue weighted by atomic mass is 10.3. The SMILES string of the molecule is O=[N+]([O-])c1cccc(SNc2nc3ccccc3nc2Nc2cccnc2Cl)c1. The van der Waals surface area contributed by atoms with E-state index in [1.807, 2.05) is 24.3 Å². The molecule has 10 heteroatoms. The third-order valence-electron chi connectivity index (χ3n) is 3.88. The minimum absolute atomic E-state index is 0.0156. The predicted molar refractivity (Wildman–Crippen MR) is 115 cm³/mol. The van der Waals surface area contributed by atoms with E-state index in [9.17, 15) is 10.1 Å². The highest BCUT2D eigenvalue weighted by Gasteiger charge is 2.13. The van der Waals surface area contributed by atoms with Crippen molar-refractivity contribution in [2.24, 2.45) is 0 Å². The lowest BCUT2D eigenvalue weighted by Gasteiger charge is -2.13. The molecule has 0 unspecified atom stereocenters. The Labute approximate surface area is 174 Å². The molecule has 2 N–H and O–H groups in total. The number of fused-ring (bicyclic) bond motifs is 1. The number of nitro groups is 1. The van der Waals surface area contributed by atoms with Gasteiger partial charge in [0.05, 0.1) is 21.6 Å². The van der Waals surface area contributed by atoms with Crippen LogP contribution in [-0.4, -0.2) is 19.9 Å². The summed E-state index contributed by atoms with van der Waals surface area (Å²) in [5.74, 6) is 0.914. The van der Waals surface area contributed by atoms with Gasteiger partial charge in [0.15, 0.2) is 16.8 Å². The number of pyridine rings is 1. The van der Waals surface area contributed by atoms with Gasteiger partial charge < -0.3 is 10.0 Å². The van der Waals surface area contributed by atoms with Crippen LogP contribution in [0.2, 0.25) is 5.15 Å². The number of nitrogens with zero attached hydrogens (tertiary/aromatic N) is 4. The maximum atomic E-state index is 11.0. The molecule has 8 nitrogen and oxygen atoms in total. The molecule has 4 aromatic rings. The molecule has 2 heterocycles. The molecule has 29 heavy (non-hydrogen) atoms. The van der Waals surface area contributed by atoms with Gasteiger partial charge in [0.25, 0.3) is 5.69 Å². The number of non-ortho nitro benzene ring substituents is 1. The number of halogens is 1. The van der Waals surface area contributed by atoms with E-state index >= 15 is 0 Å². The Morgan fingerprint density at radius 2 is 1.72 bits per heavy atom. The van der Waals surface area contributed by atoms with Gasteiger partial charge >= 0.3 is 0 Å². The number of rotatable bonds is 6. The van der Waals surface area contributed by atoms with E-state index < -0.39 is 4.92 Å². The molecule has 0 aliphatic heterocycles. The zero-order chi connectivity index (χ0) is 20.2. The number of nitro benzene ring substituents is 1. The van der Waals surface area contributed by atoms with Crippen LogP contribution >= 0.6 is 23.5 Å². The molecule has 0 atom stereocenters. The van der Waals surface area contributed by atoms with E-state index in [4.69, 9.17) is 11.6 Å². The summed E-state index contributed by atoms with van der Waals surface area (Å²) in [5.41, 5.74) is 2.02. The van der Waals surface area contributed by atoms with Crippen LogP contribution < -0.4 is 10.0 Å². The van der Waals surface area contributed by atoms with Crippen LogP contribution in [0.3, 0.4) is 0 Å². The Hall–Kier alpha value is -3.43. The molecule has 0 bridgehead atoms. The van der Waals surface area contributed by atoms with Crippen molar-refractivity contribution >= 4 is 57.6 Å². The van der Waals surface area contributed by atoms with Gasteiger partial charge in [-0.3, -0.25) is 10.1 Å². The fourth-order valence-corrected chi connectivity index (χ4v) is 3.38. The van der Waals surface area contributed by atoms with Crippen molar-refractivity contribution in [1.82, 2.24) is 15.0 Å². The van der Waals surface area contributed by atoms with Crippen LogP contribution in [0.25, 0.3) is 11.0 Å². The quantitative estimate of drug-likeness (QED) is 0.182. The van der Waals surface area contributed by atoms with Gasteiger partial charge in [0, 0.05) is 23.2 Å². The van der Waals surface area contributed by atoms with E-state index in [2.05, 4.69) is 25.0 Å². The first-order valence-electron chi connectivity index (χ1n) is 8.42. The normalized spacial score (nSPS) is 10.7. The molecule has 0 saturated heterocycles. The van der Waals surface area contributed by atoms with Gasteiger partial charge in [-0.25, -0.2) is 15.0 Å². The third kappa shape index (κ3) is 4.36. The molecular formula is C19H13ClN6O2S. The Kier molecular flexibility index (Phi) is 5.41. The Bertz CT molecular complexity index is 1210. The van der Waals surface area contributed by atoms with Crippen LogP contribution in [-0.2, 0) is 0 Å². The Balaban J connectivity index is 1.67. The molecule has 0 aliphatic rings. The van der Waals surface area contributed by atoms with E-state index in [0.29, 0.717) is 38.4 Å². The van der Waals surface area contributed by atoms with Gasteiger partial charge in [-0.1, -0.05) is 29.8 Å². The molecule has 0 spiro atoms. The van der Waals surface area contributed by atoms with Crippen molar-refractivity contribution in [3.05, 3.63) is 82.1 Å². The standard InChI is InChI=1S/C19H13ClN6O2S/c20-17-16(9-4-10-21-17)24-18-19(23-15-8-2-1-7-14(15)22-18)25-29-13-6-3-5-12(11-13)26(27)28/h1-11H,(H,22,24)(H,23,25). The molecule has 0 fully saturated rings. The minimum atomic E-state index is -0.433. The number of para-hydroxylation sites is 2. The second-order valence-electron chi connectivity index (χ2n) is 5.83. The summed E-state index contributed by atoms with van der Waals surface area (Å²) < 4.78 is 3.12.